The number of hydrogen-bond donors (Lipinski definition) is 4. The van der Waals surface area contributed by atoms with Crippen molar-refractivity contribution >= 4 is 40.6 Å². The van der Waals surface area contributed by atoms with Crippen molar-refractivity contribution in [3.8, 4) is 5.75 Å². The topological polar surface area (TPSA) is 152 Å². The number of phenols is 1. The van der Waals surface area contributed by atoms with Gasteiger partial charge in [-0.15, -0.1) is 0 Å². The van der Waals surface area contributed by atoms with Gasteiger partial charge >= 0.3 is 0 Å². The first kappa shape index (κ1) is 25.3. The smallest absolute Gasteiger partial charge is 0.273 e. The molecule has 4 rings (SSSR count). The Morgan fingerprint density at radius 2 is 1.65 bits per heavy atom. The first-order chi connectivity index (χ1) is 17.8. The zero-order chi connectivity index (χ0) is 26.5. The van der Waals surface area contributed by atoms with E-state index in [-0.39, 0.29) is 39.8 Å². The molecule has 0 bridgehead atoms. The van der Waals surface area contributed by atoms with Crippen LogP contribution in [0.15, 0.2) is 78.9 Å². The van der Waals surface area contributed by atoms with Crippen LogP contribution < -0.4 is 21.7 Å². The Bertz CT molecular complexity index is 1440. The first-order valence-electron chi connectivity index (χ1n) is 11.0. The van der Waals surface area contributed by atoms with Crippen molar-refractivity contribution in [2.24, 2.45) is 5.73 Å². The van der Waals surface area contributed by atoms with Gasteiger partial charge in [-0.05, 0) is 46.9 Å². The van der Waals surface area contributed by atoms with Crippen molar-refractivity contribution in [3.63, 3.8) is 0 Å². The molecular weight excluding hydrogens is 497 g/mol. The number of nitrogens with two attached hydrogens (primary N) is 2. The van der Waals surface area contributed by atoms with Crippen molar-refractivity contribution in [3.05, 3.63) is 106 Å². The van der Waals surface area contributed by atoms with Gasteiger partial charge in [-0.25, -0.2) is 4.39 Å². The Kier molecular flexibility index (Phi) is 7.44. The molecule has 6 N–H and O–H groups in total. The van der Waals surface area contributed by atoms with E-state index in [1.807, 2.05) is 30.3 Å². The number of nitrogens with one attached hydrogen (secondary N) is 1. The summed E-state index contributed by atoms with van der Waals surface area (Å²) in [6.45, 7) is 0.141. The van der Waals surface area contributed by atoms with Gasteiger partial charge in [0.2, 0.25) is 5.91 Å². The lowest BCUT2D eigenvalue weighted by molar-refractivity contribution is -0.122. The van der Waals surface area contributed by atoms with E-state index in [2.05, 4.69) is 9.69 Å². The highest BCUT2D eigenvalue weighted by Crippen LogP contribution is 2.34. The molecular formula is C26H22FN5O4S. The van der Waals surface area contributed by atoms with Crippen LogP contribution in [0, 0.1) is 5.82 Å². The maximum atomic E-state index is 15.1. The summed E-state index contributed by atoms with van der Waals surface area (Å²) in [5.74, 6) is -3.24. The van der Waals surface area contributed by atoms with Crippen LogP contribution in [-0.4, -0.2) is 27.2 Å². The maximum absolute atomic E-state index is 15.1. The number of nitrogens with zero attached hydrogens (tertiary/aromatic N) is 2. The van der Waals surface area contributed by atoms with Crippen LogP contribution in [0.2, 0.25) is 0 Å². The van der Waals surface area contributed by atoms with Gasteiger partial charge in [0.1, 0.15) is 22.5 Å². The molecule has 0 spiro atoms. The summed E-state index contributed by atoms with van der Waals surface area (Å²) in [5, 5.41) is 12.6. The first-order valence-corrected chi connectivity index (χ1v) is 11.8. The van der Waals surface area contributed by atoms with Gasteiger partial charge in [0.05, 0.1) is 11.4 Å². The number of halogens is 1. The predicted octanol–water partition coefficient (Wildman–Crippen LogP) is 3.37. The number of rotatable bonds is 8. The molecule has 0 unspecified atom stereocenters. The second kappa shape index (κ2) is 10.9. The number of para-hydroxylation sites is 1. The molecule has 1 atom stereocenters. The van der Waals surface area contributed by atoms with E-state index in [9.17, 15) is 19.5 Å². The minimum Gasteiger partial charge on any atom is -0.508 e. The lowest BCUT2D eigenvalue weighted by atomic mass is 10.0. The summed E-state index contributed by atoms with van der Waals surface area (Å²) < 4.78 is 19.0. The minimum absolute atomic E-state index is 0.0613. The van der Waals surface area contributed by atoms with E-state index in [0.29, 0.717) is 11.5 Å². The summed E-state index contributed by atoms with van der Waals surface area (Å²) in [7, 11) is 0. The summed E-state index contributed by atoms with van der Waals surface area (Å²) in [4.78, 5) is 40.0. The number of benzene rings is 3. The quantitative estimate of drug-likeness (QED) is 0.280. The van der Waals surface area contributed by atoms with Gasteiger partial charge in [-0.3, -0.25) is 19.3 Å². The fraction of sp³-hybridized carbons (Fsp3) is 0.0769. The number of hydrogen-bond acceptors (Lipinski definition) is 7. The Hall–Kier alpha value is -4.77. The van der Waals surface area contributed by atoms with E-state index >= 15 is 4.39 Å². The standard InChI is InChI=1S/C26H22FN5O4S/c27-18-8-4-5-9-19(18)32(26(36)23-20(28)21(24(29)34)31-37-23)22(16-10-12-17(33)13-11-16)25(35)30-14-15-6-2-1-3-7-15/h1-13,22,33H,14,28H2,(H2,29,34)(H,30,35)/t22-/m1/s1. The molecule has 0 aliphatic heterocycles. The average molecular weight is 520 g/mol. The van der Waals surface area contributed by atoms with Crippen molar-refractivity contribution in [2.45, 2.75) is 12.6 Å². The van der Waals surface area contributed by atoms with Crippen LogP contribution in [0.3, 0.4) is 0 Å². The largest absolute Gasteiger partial charge is 0.508 e. The molecule has 1 aromatic heterocycles. The van der Waals surface area contributed by atoms with Gasteiger partial charge in [0, 0.05) is 6.54 Å². The highest BCUT2D eigenvalue weighted by Gasteiger charge is 2.37. The third kappa shape index (κ3) is 5.41. The van der Waals surface area contributed by atoms with Crippen molar-refractivity contribution in [2.75, 3.05) is 10.6 Å². The zero-order valence-electron chi connectivity index (χ0n) is 19.3. The number of amides is 3. The number of phenolic OH excluding ortho intramolecular Hbond substituents is 1. The van der Waals surface area contributed by atoms with Gasteiger partial charge in [0.25, 0.3) is 11.8 Å². The number of anilines is 2. The normalized spacial score (nSPS) is 11.5. The molecule has 9 nitrogen and oxygen atoms in total. The summed E-state index contributed by atoms with van der Waals surface area (Å²) in [6, 6.07) is 18.8. The second-order valence-corrected chi connectivity index (χ2v) is 8.74. The third-order valence-corrected chi connectivity index (χ3v) is 6.36. The third-order valence-electron chi connectivity index (χ3n) is 5.51. The number of carbonyl (C=O) groups excluding carboxylic acids is 3. The second-order valence-electron chi connectivity index (χ2n) is 7.96. The van der Waals surface area contributed by atoms with E-state index in [0.717, 1.165) is 16.5 Å². The van der Waals surface area contributed by atoms with Gasteiger partial charge in [-0.2, -0.15) is 4.37 Å². The molecule has 1 heterocycles. The molecule has 37 heavy (non-hydrogen) atoms. The molecule has 0 fully saturated rings. The molecule has 4 aromatic rings. The Balaban J connectivity index is 1.84. The monoisotopic (exact) mass is 519 g/mol. The number of carbonyl (C=O) groups is 3. The fourth-order valence-electron chi connectivity index (χ4n) is 3.71. The van der Waals surface area contributed by atoms with Crippen LogP contribution in [0.1, 0.15) is 37.3 Å². The van der Waals surface area contributed by atoms with E-state index in [1.54, 1.807) is 0 Å². The highest BCUT2D eigenvalue weighted by molar-refractivity contribution is 7.09. The van der Waals surface area contributed by atoms with E-state index in [4.69, 9.17) is 11.5 Å². The Labute approximate surface area is 215 Å². The fourth-order valence-corrected chi connectivity index (χ4v) is 4.45. The van der Waals surface area contributed by atoms with Crippen molar-refractivity contribution < 1.29 is 23.9 Å². The van der Waals surface area contributed by atoms with Crippen LogP contribution in [0.25, 0.3) is 0 Å². The molecule has 0 aliphatic rings. The summed E-state index contributed by atoms with van der Waals surface area (Å²) in [5.41, 5.74) is 11.6. The molecule has 0 radical (unpaired) electrons. The van der Waals surface area contributed by atoms with Crippen LogP contribution in [0.5, 0.6) is 5.75 Å². The molecule has 188 valence electrons. The van der Waals surface area contributed by atoms with Gasteiger partial charge in [-0.1, -0.05) is 54.6 Å². The van der Waals surface area contributed by atoms with Crippen molar-refractivity contribution in [1.29, 1.82) is 0 Å². The highest BCUT2D eigenvalue weighted by atomic mass is 32.1. The summed E-state index contributed by atoms with van der Waals surface area (Å²) in [6.07, 6.45) is 0. The molecule has 0 saturated heterocycles. The van der Waals surface area contributed by atoms with Gasteiger partial charge in [0.15, 0.2) is 5.69 Å². The lowest BCUT2D eigenvalue weighted by Gasteiger charge is -2.31. The number of nitrogen functional groups attached to an aromatic ring is 1. The Morgan fingerprint density at radius 3 is 2.27 bits per heavy atom. The maximum Gasteiger partial charge on any atom is 0.273 e. The zero-order valence-corrected chi connectivity index (χ0v) is 20.1. The molecule has 11 heteroatoms. The molecule has 0 saturated carbocycles. The van der Waals surface area contributed by atoms with Crippen LogP contribution in [0.4, 0.5) is 15.8 Å². The average Bonchev–Trinajstić information content (AvgIpc) is 3.29. The molecule has 3 amide bonds. The van der Waals surface area contributed by atoms with Crippen LogP contribution in [-0.2, 0) is 11.3 Å². The SMILES string of the molecule is NC(=O)c1nsc(C(=O)N(c2ccccc2F)[C@@H](C(=O)NCc2ccccc2)c2ccc(O)cc2)c1N. The van der Waals surface area contributed by atoms with E-state index in [1.165, 1.54) is 42.5 Å². The predicted molar refractivity (Wildman–Crippen MR) is 137 cm³/mol. The number of aromatic hydroxyl groups is 1. The molecule has 3 aromatic carbocycles. The van der Waals surface area contributed by atoms with Gasteiger partial charge < -0.3 is 21.9 Å². The van der Waals surface area contributed by atoms with Crippen LogP contribution >= 0.6 is 11.5 Å². The number of aromatic nitrogens is 1. The van der Waals surface area contributed by atoms with Crippen molar-refractivity contribution in [1.82, 2.24) is 9.69 Å². The summed E-state index contributed by atoms with van der Waals surface area (Å²) >= 11 is 0.617. The minimum atomic E-state index is -1.38. The Morgan fingerprint density at radius 1 is 1.00 bits per heavy atom. The lowest BCUT2D eigenvalue weighted by Crippen LogP contribution is -2.44. The van der Waals surface area contributed by atoms with E-state index < -0.39 is 29.6 Å². The number of primary amides is 1. The molecule has 0 aliphatic carbocycles.